The molecule has 0 aromatic rings. The molecular formula is C13H23NO2. The molecule has 1 saturated heterocycles. The molecule has 1 heterocycles. The van der Waals surface area contributed by atoms with Crippen molar-refractivity contribution in [2.45, 2.75) is 45.1 Å². The Hall–Kier alpha value is -0.570. The van der Waals surface area contributed by atoms with Crippen molar-refractivity contribution in [2.24, 2.45) is 11.8 Å². The second-order valence-electron chi connectivity index (χ2n) is 5.46. The molecule has 0 amide bonds. The summed E-state index contributed by atoms with van der Waals surface area (Å²) in [6, 6.07) is 0.0576. The lowest BCUT2D eigenvalue weighted by molar-refractivity contribution is -0.152. The van der Waals surface area contributed by atoms with E-state index in [4.69, 9.17) is 4.74 Å². The van der Waals surface area contributed by atoms with E-state index < -0.39 is 0 Å². The number of hydrogen-bond acceptors (Lipinski definition) is 3. The number of carbonyl (C=O) groups is 1. The van der Waals surface area contributed by atoms with Crippen LogP contribution in [0.3, 0.4) is 0 Å². The van der Waals surface area contributed by atoms with Crippen LogP contribution in [0.15, 0.2) is 0 Å². The Morgan fingerprint density at radius 1 is 1.38 bits per heavy atom. The van der Waals surface area contributed by atoms with Gasteiger partial charge in [0.15, 0.2) is 0 Å². The van der Waals surface area contributed by atoms with E-state index >= 15 is 0 Å². The lowest BCUT2D eigenvalue weighted by Gasteiger charge is -2.42. The molecule has 2 fully saturated rings. The molecule has 0 aromatic carbocycles. The van der Waals surface area contributed by atoms with Gasteiger partial charge < -0.3 is 4.74 Å². The fourth-order valence-electron chi connectivity index (χ4n) is 3.12. The predicted molar refractivity (Wildman–Crippen MR) is 63.1 cm³/mol. The highest BCUT2D eigenvalue weighted by Gasteiger charge is 2.36. The maximum Gasteiger partial charge on any atom is 0.323 e. The first-order valence-corrected chi connectivity index (χ1v) is 6.52. The van der Waals surface area contributed by atoms with Gasteiger partial charge in [-0.15, -0.1) is 0 Å². The lowest BCUT2D eigenvalue weighted by Crippen LogP contribution is -2.54. The molecule has 3 nitrogen and oxygen atoms in total. The Labute approximate surface area is 98.1 Å². The highest BCUT2D eigenvalue weighted by Crippen LogP contribution is 2.31. The SMILES string of the molecule is COC(=O)C1CCN1CC1CCCC(C)C1. The highest BCUT2D eigenvalue weighted by atomic mass is 16.5. The summed E-state index contributed by atoms with van der Waals surface area (Å²) < 4.78 is 4.81. The van der Waals surface area contributed by atoms with Crippen molar-refractivity contribution in [3.05, 3.63) is 0 Å². The lowest BCUT2D eigenvalue weighted by atomic mass is 9.81. The van der Waals surface area contributed by atoms with Crippen molar-refractivity contribution in [3.8, 4) is 0 Å². The third-order valence-electron chi connectivity index (χ3n) is 4.14. The minimum atomic E-state index is -0.0462. The molecule has 3 atom stereocenters. The molecule has 16 heavy (non-hydrogen) atoms. The van der Waals surface area contributed by atoms with Gasteiger partial charge in [0, 0.05) is 13.1 Å². The van der Waals surface area contributed by atoms with Gasteiger partial charge in [0.25, 0.3) is 0 Å². The van der Waals surface area contributed by atoms with E-state index in [1.165, 1.54) is 32.8 Å². The maximum absolute atomic E-state index is 11.4. The van der Waals surface area contributed by atoms with Gasteiger partial charge in [-0.3, -0.25) is 9.69 Å². The molecule has 1 saturated carbocycles. The number of rotatable bonds is 3. The summed E-state index contributed by atoms with van der Waals surface area (Å²) in [5.41, 5.74) is 0. The number of esters is 1. The number of nitrogens with zero attached hydrogens (tertiary/aromatic N) is 1. The third-order valence-corrected chi connectivity index (χ3v) is 4.14. The monoisotopic (exact) mass is 225 g/mol. The van der Waals surface area contributed by atoms with Crippen LogP contribution in [-0.4, -0.2) is 37.1 Å². The van der Waals surface area contributed by atoms with Crippen LogP contribution in [0.5, 0.6) is 0 Å². The average Bonchev–Trinajstić information content (AvgIpc) is 2.24. The summed E-state index contributed by atoms with van der Waals surface area (Å²) in [4.78, 5) is 13.7. The van der Waals surface area contributed by atoms with E-state index in [-0.39, 0.29) is 12.0 Å². The quantitative estimate of drug-likeness (QED) is 0.689. The van der Waals surface area contributed by atoms with E-state index in [2.05, 4.69) is 11.8 Å². The number of likely N-dealkylation sites (tertiary alicyclic amines) is 1. The Morgan fingerprint density at radius 2 is 2.19 bits per heavy atom. The highest BCUT2D eigenvalue weighted by molar-refractivity contribution is 5.76. The maximum atomic E-state index is 11.4. The molecule has 3 heteroatoms. The third kappa shape index (κ3) is 2.57. The molecule has 3 unspecified atom stereocenters. The molecule has 92 valence electrons. The van der Waals surface area contributed by atoms with Gasteiger partial charge >= 0.3 is 5.97 Å². The van der Waals surface area contributed by atoms with E-state index in [9.17, 15) is 4.79 Å². The van der Waals surface area contributed by atoms with Gasteiger partial charge in [-0.25, -0.2) is 0 Å². The number of hydrogen-bond donors (Lipinski definition) is 0. The second-order valence-corrected chi connectivity index (χ2v) is 5.46. The first-order valence-electron chi connectivity index (χ1n) is 6.52. The summed E-state index contributed by atoms with van der Waals surface area (Å²) >= 11 is 0. The average molecular weight is 225 g/mol. The number of carbonyl (C=O) groups excluding carboxylic acids is 1. The molecule has 2 aliphatic rings. The van der Waals surface area contributed by atoms with Crippen molar-refractivity contribution in [3.63, 3.8) is 0 Å². The smallest absolute Gasteiger partial charge is 0.323 e. The number of methoxy groups -OCH3 is 1. The topological polar surface area (TPSA) is 29.5 Å². The minimum Gasteiger partial charge on any atom is -0.468 e. The van der Waals surface area contributed by atoms with Gasteiger partial charge in [-0.2, -0.15) is 0 Å². The van der Waals surface area contributed by atoms with Gasteiger partial charge in [-0.05, 0) is 31.1 Å². The Bertz CT molecular complexity index is 254. The van der Waals surface area contributed by atoms with Crippen LogP contribution in [0.2, 0.25) is 0 Å². The normalized spacial score (nSPS) is 35.5. The molecule has 0 spiro atoms. The van der Waals surface area contributed by atoms with E-state index in [0.29, 0.717) is 0 Å². The predicted octanol–water partition coefficient (Wildman–Crippen LogP) is 2.06. The minimum absolute atomic E-state index is 0.0462. The molecule has 1 aliphatic heterocycles. The van der Waals surface area contributed by atoms with E-state index in [0.717, 1.165) is 31.3 Å². The zero-order valence-electron chi connectivity index (χ0n) is 10.4. The first kappa shape index (κ1) is 11.9. The van der Waals surface area contributed by atoms with Crippen LogP contribution in [0.25, 0.3) is 0 Å². The van der Waals surface area contributed by atoms with Crippen LogP contribution in [0.1, 0.15) is 39.0 Å². The van der Waals surface area contributed by atoms with Crippen LogP contribution >= 0.6 is 0 Å². The molecule has 1 aliphatic carbocycles. The van der Waals surface area contributed by atoms with E-state index in [1.54, 1.807) is 0 Å². The first-order chi connectivity index (χ1) is 7.70. The summed E-state index contributed by atoms with van der Waals surface area (Å²) in [6.45, 7) is 4.52. The molecule has 0 radical (unpaired) electrons. The van der Waals surface area contributed by atoms with Gasteiger partial charge in [0.05, 0.1) is 7.11 Å². The molecule has 2 rings (SSSR count). The molecule has 0 bridgehead atoms. The van der Waals surface area contributed by atoms with Crippen LogP contribution in [-0.2, 0) is 9.53 Å². The fraction of sp³-hybridized carbons (Fsp3) is 0.923. The molecule has 0 aromatic heterocycles. The van der Waals surface area contributed by atoms with Crippen molar-refractivity contribution >= 4 is 5.97 Å². The largest absolute Gasteiger partial charge is 0.468 e. The summed E-state index contributed by atoms with van der Waals surface area (Å²) in [5, 5.41) is 0. The standard InChI is InChI=1S/C13H23NO2/c1-10-4-3-5-11(8-10)9-14-7-6-12(14)13(15)16-2/h10-12H,3-9H2,1-2H3. The van der Waals surface area contributed by atoms with Crippen molar-refractivity contribution in [2.75, 3.05) is 20.2 Å². The van der Waals surface area contributed by atoms with Crippen molar-refractivity contribution < 1.29 is 9.53 Å². The molecule has 0 N–H and O–H groups in total. The van der Waals surface area contributed by atoms with Crippen LogP contribution in [0.4, 0.5) is 0 Å². The van der Waals surface area contributed by atoms with Crippen LogP contribution < -0.4 is 0 Å². The number of ether oxygens (including phenoxy) is 1. The fourth-order valence-corrected chi connectivity index (χ4v) is 3.12. The second kappa shape index (κ2) is 5.17. The van der Waals surface area contributed by atoms with Gasteiger partial charge in [0.1, 0.15) is 6.04 Å². The van der Waals surface area contributed by atoms with Crippen LogP contribution in [0, 0.1) is 11.8 Å². The Kier molecular flexibility index (Phi) is 3.85. The molecular weight excluding hydrogens is 202 g/mol. The van der Waals surface area contributed by atoms with Crippen molar-refractivity contribution in [1.82, 2.24) is 4.90 Å². The van der Waals surface area contributed by atoms with Gasteiger partial charge in [0.2, 0.25) is 0 Å². The van der Waals surface area contributed by atoms with E-state index in [1.807, 2.05) is 0 Å². The van der Waals surface area contributed by atoms with Gasteiger partial charge in [-0.1, -0.05) is 19.8 Å². The Morgan fingerprint density at radius 3 is 2.75 bits per heavy atom. The zero-order chi connectivity index (χ0) is 11.5. The summed E-state index contributed by atoms with van der Waals surface area (Å²) in [6.07, 6.45) is 6.41. The zero-order valence-corrected chi connectivity index (χ0v) is 10.4. The Balaban J connectivity index is 1.79. The summed E-state index contributed by atoms with van der Waals surface area (Å²) in [7, 11) is 1.49. The summed E-state index contributed by atoms with van der Waals surface area (Å²) in [5.74, 6) is 1.63. The van der Waals surface area contributed by atoms with Crippen molar-refractivity contribution in [1.29, 1.82) is 0 Å².